The molecule has 0 radical (unpaired) electrons. The van der Waals surface area contributed by atoms with Gasteiger partial charge < -0.3 is 5.32 Å². The minimum absolute atomic E-state index is 0.00642. The zero-order valence-electron chi connectivity index (χ0n) is 14.8. The first-order valence-electron chi connectivity index (χ1n) is 8.15. The Morgan fingerprint density at radius 2 is 1.67 bits per heavy atom. The van der Waals surface area contributed by atoms with Crippen LogP contribution in [0.1, 0.15) is 21.6 Å². The third kappa shape index (κ3) is 4.48. The zero-order chi connectivity index (χ0) is 19.4. The van der Waals surface area contributed by atoms with Crippen LogP contribution in [-0.4, -0.2) is 24.3 Å². The van der Waals surface area contributed by atoms with Crippen molar-refractivity contribution in [2.24, 2.45) is 0 Å². The Morgan fingerprint density at radius 3 is 2.33 bits per heavy atom. The number of rotatable bonds is 5. The fraction of sp³-hybridized carbons (Fsp3) is 0.105. The summed E-state index contributed by atoms with van der Waals surface area (Å²) in [6, 6.07) is 14.8. The molecule has 0 aliphatic rings. The highest BCUT2D eigenvalue weighted by Gasteiger charge is 2.16. The number of hydrogen-bond acceptors (Lipinski definition) is 5. The van der Waals surface area contributed by atoms with Gasteiger partial charge >= 0.3 is 0 Å². The van der Waals surface area contributed by atoms with Crippen LogP contribution in [0, 0.1) is 13.8 Å². The molecule has 0 saturated heterocycles. The summed E-state index contributed by atoms with van der Waals surface area (Å²) in [5.74, 6) is -0.248. The van der Waals surface area contributed by atoms with Gasteiger partial charge in [0.05, 0.1) is 4.90 Å². The van der Waals surface area contributed by atoms with E-state index in [-0.39, 0.29) is 16.8 Å². The summed E-state index contributed by atoms with van der Waals surface area (Å²) >= 11 is 0. The normalized spacial score (nSPS) is 11.0. The lowest BCUT2D eigenvalue weighted by molar-refractivity contribution is 0.102. The van der Waals surface area contributed by atoms with Crippen LogP contribution in [0.2, 0.25) is 0 Å². The van der Waals surface area contributed by atoms with Gasteiger partial charge in [-0.1, -0.05) is 18.2 Å². The van der Waals surface area contributed by atoms with Gasteiger partial charge in [-0.25, -0.2) is 23.1 Å². The molecule has 0 unspecified atom stereocenters. The number of carbonyl (C=O) groups is 1. The molecule has 3 rings (SSSR count). The summed E-state index contributed by atoms with van der Waals surface area (Å²) in [7, 11) is -3.82. The molecule has 0 atom stereocenters. The van der Waals surface area contributed by atoms with E-state index in [4.69, 9.17) is 0 Å². The van der Waals surface area contributed by atoms with Crippen molar-refractivity contribution in [1.82, 2.24) is 9.97 Å². The Balaban J connectivity index is 1.75. The van der Waals surface area contributed by atoms with Crippen LogP contribution < -0.4 is 10.0 Å². The lowest BCUT2D eigenvalue weighted by atomic mass is 10.1. The second-order valence-electron chi connectivity index (χ2n) is 5.92. The minimum Gasteiger partial charge on any atom is -0.322 e. The molecule has 3 aromatic rings. The van der Waals surface area contributed by atoms with E-state index in [1.165, 1.54) is 30.5 Å². The number of sulfonamides is 1. The van der Waals surface area contributed by atoms with Crippen molar-refractivity contribution >= 4 is 27.6 Å². The standard InChI is InChI=1S/C19H18N4O3S/c1-13-5-3-4-6-17(13)18(24)22-15-7-9-16(10-8-15)27(25,26)23-19-20-12-11-14(2)21-19/h3-12H,1-2H3,(H,22,24)(H,20,21,23). The number of benzene rings is 2. The Bertz CT molecular complexity index is 1080. The number of aromatic nitrogens is 2. The summed E-state index contributed by atoms with van der Waals surface area (Å²) < 4.78 is 27.2. The second-order valence-corrected chi connectivity index (χ2v) is 7.60. The van der Waals surface area contributed by atoms with Crippen molar-refractivity contribution in [3.8, 4) is 0 Å². The van der Waals surface area contributed by atoms with E-state index in [0.717, 1.165) is 5.56 Å². The van der Waals surface area contributed by atoms with Crippen LogP contribution in [0.5, 0.6) is 0 Å². The van der Waals surface area contributed by atoms with E-state index in [1.807, 2.05) is 19.1 Å². The SMILES string of the molecule is Cc1ccnc(NS(=O)(=O)c2ccc(NC(=O)c3ccccc3C)cc2)n1. The second kappa shape index (κ2) is 7.55. The van der Waals surface area contributed by atoms with Gasteiger partial charge in [-0.3, -0.25) is 4.79 Å². The average Bonchev–Trinajstić information content (AvgIpc) is 2.62. The lowest BCUT2D eigenvalue weighted by Crippen LogP contribution is -2.16. The van der Waals surface area contributed by atoms with E-state index < -0.39 is 10.0 Å². The van der Waals surface area contributed by atoms with Crippen LogP contribution in [-0.2, 0) is 10.0 Å². The van der Waals surface area contributed by atoms with E-state index in [0.29, 0.717) is 16.9 Å². The maximum atomic E-state index is 12.4. The molecule has 0 bridgehead atoms. The van der Waals surface area contributed by atoms with E-state index >= 15 is 0 Å². The first kappa shape index (κ1) is 18.5. The zero-order valence-corrected chi connectivity index (χ0v) is 15.6. The number of anilines is 2. The first-order valence-corrected chi connectivity index (χ1v) is 9.63. The largest absolute Gasteiger partial charge is 0.322 e. The third-order valence-corrected chi connectivity index (χ3v) is 5.18. The van der Waals surface area contributed by atoms with E-state index in [2.05, 4.69) is 20.0 Å². The van der Waals surface area contributed by atoms with Crippen molar-refractivity contribution in [3.63, 3.8) is 0 Å². The molecular formula is C19H18N4O3S. The lowest BCUT2D eigenvalue weighted by Gasteiger charge is -2.09. The summed E-state index contributed by atoms with van der Waals surface area (Å²) in [4.78, 5) is 20.3. The molecule has 2 aromatic carbocycles. The molecule has 0 fully saturated rings. The smallest absolute Gasteiger partial charge is 0.264 e. The average molecular weight is 382 g/mol. The minimum atomic E-state index is -3.82. The molecule has 138 valence electrons. The molecule has 1 amide bonds. The molecule has 2 N–H and O–H groups in total. The Hall–Kier alpha value is -3.26. The van der Waals surface area contributed by atoms with Crippen LogP contribution in [0.4, 0.5) is 11.6 Å². The third-order valence-electron chi connectivity index (χ3n) is 3.83. The highest BCUT2D eigenvalue weighted by atomic mass is 32.2. The first-order chi connectivity index (χ1) is 12.8. The van der Waals surface area contributed by atoms with Crippen LogP contribution in [0.25, 0.3) is 0 Å². The maximum Gasteiger partial charge on any atom is 0.264 e. The van der Waals surface area contributed by atoms with Crippen LogP contribution in [0.3, 0.4) is 0 Å². The van der Waals surface area contributed by atoms with Gasteiger partial charge in [0.2, 0.25) is 5.95 Å². The Labute approximate surface area is 157 Å². The predicted molar refractivity (Wildman–Crippen MR) is 103 cm³/mol. The van der Waals surface area contributed by atoms with Gasteiger partial charge in [-0.15, -0.1) is 0 Å². The topological polar surface area (TPSA) is 101 Å². The number of nitrogens with zero attached hydrogens (tertiary/aromatic N) is 2. The maximum absolute atomic E-state index is 12.4. The van der Waals surface area contributed by atoms with Crippen molar-refractivity contribution in [1.29, 1.82) is 0 Å². The quantitative estimate of drug-likeness (QED) is 0.706. The number of carbonyl (C=O) groups excluding carboxylic acids is 1. The molecule has 27 heavy (non-hydrogen) atoms. The predicted octanol–water partition coefficient (Wildman–Crippen LogP) is 3.15. The molecule has 8 heteroatoms. The van der Waals surface area contributed by atoms with Crippen LogP contribution in [0.15, 0.2) is 65.7 Å². The monoisotopic (exact) mass is 382 g/mol. The molecule has 0 saturated carbocycles. The fourth-order valence-electron chi connectivity index (χ4n) is 2.42. The van der Waals surface area contributed by atoms with Gasteiger partial charge in [-0.05, 0) is 55.8 Å². The van der Waals surface area contributed by atoms with Crippen molar-refractivity contribution in [3.05, 3.63) is 77.6 Å². The molecular weight excluding hydrogens is 364 g/mol. The number of amides is 1. The summed E-state index contributed by atoms with van der Waals surface area (Å²) in [6.07, 6.45) is 1.48. The van der Waals surface area contributed by atoms with Gasteiger partial charge in [-0.2, -0.15) is 0 Å². The van der Waals surface area contributed by atoms with Crippen molar-refractivity contribution < 1.29 is 13.2 Å². The summed E-state index contributed by atoms with van der Waals surface area (Å²) in [5, 5.41) is 2.76. The fourth-order valence-corrected chi connectivity index (χ4v) is 3.37. The van der Waals surface area contributed by atoms with Gasteiger partial charge in [0, 0.05) is 23.1 Å². The van der Waals surface area contributed by atoms with E-state index in [9.17, 15) is 13.2 Å². The Kier molecular flexibility index (Phi) is 5.18. The van der Waals surface area contributed by atoms with E-state index in [1.54, 1.807) is 25.1 Å². The highest BCUT2D eigenvalue weighted by molar-refractivity contribution is 7.92. The van der Waals surface area contributed by atoms with Gasteiger partial charge in [0.1, 0.15) is 0 Å². The molecule has 0 aliphatic carbocycles. The summed E-state index contributed by atoms with van der Waals surface area (Å²) in [5.41, 5.74) is 2.56. The highest BCUT2D eigenvalue weighted by Crippen LogP contribution is 2.18. The molecule has 0 aliphatic heterocycles. The molecule has 1 aromatic heterocycles. The van der Waals surface area contributed by atoms with Crippen molar-refractivity contribution in [2.45, 2.75) is 18.7 Å². The van der Waals surface area contributed by atoms with Gasteiger partial charge in [0.25, 0.3) is 15.9 Å². The molecule has 1 heterocycles. The number of hydrogen-bond donors (Lipinski definition) is 2. The molecule has 0 spiro atoms. The van der Waals surface area contributed by atoms with Crippen molar-refractivity contribution in [2.75, 3.05) is 10.0 Å². The molecule has 7 nitrogen and oxygen atoms in total. The van der Waals surface area contributed by atoms with Crippen LogP contribution >= 0.6 is 0 Å². The number of nitrogens with one attached hydrogen (secondary N) is 2. The number of aryl methyl sites for hydroxylation is 2. The van der Waals surface area contributed by atoms with Gasteiger partial charge in [0.15, 0.2) is 0 Å². The summed E-state index contributed by atoms with van der Waals surface area (Å²) in [6.45, 7) is 3.59. The Morgan fingerprint density at radius 1 is 0.963 bits per heavy atom.